The van der Waals surface area contributed by atoms with Crippen molar-refractivity contribution in [3.8, 4) is 5.75 Å². The molecule has 66 valence electrons. The summed E-state index contributed by atoms with van der Waals surface area (Å²) in [4.78, 5) is 10.1. The lowest BCUT2D eigenvalue weighted by atomic mass is 9.97. The number of carbonyl (C=O) groups is 1. The normalized spacial score (nSPS) is 13.5. The third-order valence-corrected chi connectivity index (χ3v) is 2.20. The first-order chi connectivity index (χ1) is 6.40. The molecular weight excluding hydrogens is 164 g/mol. The third-order valence-electron chi connectivity index (χ3n) is 2.20. The highest BCUT2D eigenvalue weighted by atomic mass is 16.5. The summed E-state index contributed by atoms with van der Waals surface area (Å²) in [5, 5.41) is 0. The molecule has 0 saturated heterocycles. The Labute approximate surface area is 76.8 Å². The standard InChI is InChI=1S/C11H10O2/c12-8-13-11-6-5-9-3-1-2-4-10(9)7-11/h1-2,5-8H,3-4H2. The number of fused-ring (bicyclic) bond motifs is 1. The summed E-state index contributed by atoms with van der Waals surface area (Å²) in [6, 6.07) is 5.76. The molecule has 0 bridgehead atoms. The van der Waals surface area contributed by atoms with Gasteiger partial charge in [-0.1, -0.05) is 18.2 Å². The summed E-state index contributed by atoms with van der Waals surface area (Å²) in [5.74, 6) is 0.629. The van der Waals surface area contributed by atoms with Gasteiger partial charge in [0.2, 0.25) is 0 Å². The van der Waals surface area contributed by atoms with Crippen LogP contribution in [-0.2, 0) is 17.6 Å². The van der Waals surface area contributed by atoms with Crippen molar-refractivity contribution in [2.75, 3.05) is 0 Å². The van der Waals surface area contributed by atoms with Crippen molar-refractivity contribution in [1.82, 2.24) is 0 Å². The molecule has 2 heteroatoms. The van der Waals surface area contributed by atoms with Crippen LogP contribution in [0.1, 0.15) is 11.1 Å². The first-order valence-corrected chi connectivity index (χ1v) is 4.27. The molecule has 1 aliphatic rings. The predicted octanol–water partition coefficient (Wildman–Crippen LogP) is 1.88. The Hall–Kier alpha value is -1.57. The Morgan fingerprint density at radius 1 is 1.15 bits per heavy atom. The van der Waals surface area contributed by atoms with E-state index >= 15 is 0 Å². The van der Waals surface area contributed by atoms with Crippen LogP contribution >= 0.6 is 0 Å². The van der Waals surface area contributed by atoms with Gasteiger partial charge >= 0.3 is 0 Å². The van der Waals surface area contributed by atoms with Crippen LogP contribution in [0.15, 0.2) is 30.4 Å². The lowest BCUT2D eigenvalue weighted by Crippen LogP contribution is -1.98. The highest BCUT2D eigenvalue weighted by molar-refractivity contribution is 5.48. The molecule has 2 nitrogen and oxygen atoms in total. The van der Waals surface area contributed by atoms with Crippen LogP contribution in [0, 0.1) is 0 Å². The van der Waals surface area contributed by atoms with Gasteiger partial charge in [0, 0.05) is 0 Å². The van der Waals surface area contributed by atoms with Crippen molar-refractivity contribution < 1.29 is 9.53 Å². The van der Waals surface area contributed by atoms with E-state index in [1.165, 1.54) is 11.1 Å². The average molecular weight is 174 g/mol. The number of rotatable bonds is 2. The maximum absolute atomic E-state index is 10.1. The summed E-state index contributed by atoms with van der Waals surface area (Å²) in [7, 11) is 0. The van der Waals surface area contributed by atoms with E-state index in [1.807, 2.05) is 18.2 Å². The van der Waals surface area contributed by atoms with E-state index in [4.69, 9.17) is 4.74 Å². The van der Waals surface area contributed by atoms with Crippen LogP contribution in [-0.4, -0.2) is 6.47 Å². The van der Waals surface area contributed by atoms with Crippen molar-refractivity contribution in [3.05, 3.63) is 41.5 Å². The molecule has 0 N–H and O–H groups in total. The summed E-state index contributed by atoms with van der Waals surface area (Å²) in [6.07, 6.45) is 6.21. The van der Waals surface area contributed by atoms with E-state index in [1.54, 1.807) is 0 Å². The van der Waals surface area contributed by atoms with Crippen molar-refractivity contribution in [1.29, 1.82) is 0 Å². The molecule has 0 aliphatic heterocycles. The summed E-state index contributed by atoms with van der Waals surface area (Å²) in [6.45, 7) is 0.459. The molecule has 0 saturated carbocycles. The van der Waals surface area contributed by atoms with Gasteiger partial charge in [-0.15, -0.1) is 0 Å². The van der Waals surface area contributed by atoms with E-state index < -0.39 is 0 Å². The maximum Gasteiger partial charge on any atom is 0.298 e. The zero-order valence-electron chi connectivity index (χ0n) is 7.19. The largest absolute Gasteiger partial charge is 0.429 e. The SMILES string of the molecule is O=COc1ccc2c(c1)CC=CC2. The highest BCUT2D eigenvalue weighted by Gasteiger charge is 2.05. The van der Waals surface area contributed by atoms with E-state index in [-0.39, 0.29) is 0 Å². The van der Waals surface area contributed by atoms with E-state index in [9.17, 15) is 4.79 Å². The Kier molecular flexibility index (Phi) is 2.13. The Bertz CT molecular complexity index is 353. The molecule has 0 radical (unpaired) electrons. The van der Waals surface area contributed by atoms with Gasteiger partial charge in [0.05, 0.1) is 0 Å². The number of hydrogen-bond donors (Lipinski definition) is 0. The van der Waals surface area contributed by atoms with Crippen LogP contribution in [0.5, 0.6) is 5.75 Å². The molecule has 0 aromatic heterocycles. The molecular formula is C11H10O2. The quantitative estimate of drug-likeness (QED) is 0.505. The average Bonchev–Trinajstić information content (AvgIpc) is 2.18. The first-order valence-electron chi connectivity index (χ1n) is 4.27. The molecule has 0 unspecified atom stereocenters. The maximum atomic E-state index is 10.1. The van der Waals surface area contributed by atoms with Crippen LogP contribution in [0.3, 0.4) is 0 Å². The fourth-order valence-corrected chi connectivity index (χ4v) is 1.54. The molecule has 13 heavy (non-hydrogen) atoms. The van der Waals surface area contributed by atoms with Crippen LogP contribution in [0.2, 0.25) is 0 Å². The first kappa shape index (κ1) is 8.05. The minimum Gasteiger partial charge on any atom is -0.429 e. The number of carbonyl (C=O) groups excluding carboxylic acids is 1. The van der Waals surface area contributed by atoms with Crippen LogP contribution in [0.25, 0.3) is 0 Å². The summed E-state index contributed by atoms with van der Waals surface area (Å²) < 4.78 is 4.77. The van der Waals surface area contributed by atoms with Crippen LogP contribution in [0.4, 0.5) is 0 Å². The van der Waals surface area contributed by atoms with Gasteiger partial charge < -0.3 is 4.74 Å². The van der Waals surface area contributed by atoms with Gasteiger partial charge in [0.15, 0.2) is 0 Å². The van der Waals surface area contributed by atoms with Crippen molar-refractivity contribution >= 4 is 6.47 Å². The molecule has 0 atom stereocenters. The smallest absolute Gasteiger partial charge is 0.298 e. The minimum absolute atomic E-state index is 0.459. The summed E-state index contributed by atoms with van der Waals surface area (Å²) in [5.41, 5.74) is 2.57. The topological polar surface area (TPSA) is 26.3 Å². The van der Waals surface area contributed by atoms with Crippen molar-refractivity contribution in [2.24, 2.45) is 0 Å². The van der Waals surface area contributed by atoms with Gasteiger partial charge in [-0.3, -0.25) is 4.79 Å². The van der Waals surface area contributed by atoms with E-state index in [2.05, 4.69) is 12.2 Å². The third kappa shape index (κ3) is 1.61. The summed E-state index contributed by atoms with van der Waals surface area (Å²) >= 11 is 0. The van der Waals surface area contributed by atoms with Gasteiger partial charge in [-0.25, -0.2) is 0 Å². The fourth-order valence-electron chi connectivity index (χ4n) is 1.54. The number of ether oxygens (including phenoxy) is 1. The Balaban J connectivity index is 2.32. The molecule has 0 heterocycles. The fraction of sp³-hybridized carbons (Fsp3) is 0.182. The number of hydrogen-bond acceptors (Lipinski definition) is 2. The molecule has 2 rings (SSSR count). The van der Waals surface area contributed by atoms with Gasteiger partial charge in [-0.05, 0) is 36.1 Å². The van der Waals surface area contributed by atoms with E-state index in [0.29, 0.717) is 12.2 Å². The second-order valence-electron chi connectivity index (χ2n) is 3.02. The van der Waals surface area contributed by atoms with Crippen molar-refractivity contribution in [2.45, 2.75) is 12.8 Å². The van der Waals surface area contributed by atoms with E-state index in [0.717, 1.165) is 12.8 Å². The molecule has 1 aromatic rings. The Morgan fingerprint density at radius 3 is 2.69 bits per heavy atom. The second kappa shape index (κ2) is 3.44. The lowest BCUT2D eigenvalue weighted by Gasteiger charge is -2.11. The minimum atomic E-state index is 0.459. The molecule has 0 spiro atoms. The van der Waals surface area contributed by atoms with Gasteiger partial charge in [0.25, 0.3) is 6.47 Å². The molecule has 0 amide bonds. The van der Waals surface area contributed by atoms with Gasteiger partial charge in [-0.2, -0.15) is 0 Å². The monoisotopic (exact) mass is 174 g/mol. The highest BCUT2D eigenvalue weighted by Crippen LogP contribution is 2.21. The number of benzene rings is 1. The van der Waals surface area contributed by atoms with Crippen molar-refractivity contribution in [3.63, 3.8) is 0 Å². The molecule has 1 aromatic carbocycles. The zero-order valence-corrected chi connectivity index (χ0v) is 7.19. The molecule has 0 fully saturated rings. The Morgan fingerprint density at radius 2 is 1.92 bits per heavy atom. The second-order valence-corrected chi connectivity index (χ2v) is 3.02. The predicted molar refractivity (Wildman–Crippen MR) is 49.7 cm³/mol. The van der Waals surface area contributed by atoms with Crippen LogP contribution < -0.4 is 4.74 Å². The molecule has 1 aliphatic carbocycles. The lowest BCUT2D eigenvalue weighted by molar-refractivity contribution is -0.120. The van der Waals surface area contributed by atoms with Gasteiger partial charge in [0.1, 0.15) is 5.75 Å². The zero-order chi connectivity index (χ0) is 9.10. The number of allylic oxidation sites excluding steroid dienone is 2.